The van der Waals surface area contributed by atoms with Gasteiger partial charge in [0.1, 0.15) is 5.82 Å². The Labute approximate surface area is 102 Å². The second-order valence-corrected chi connectivity index (χ2v) is 5.22. The van der Waals surface area contributed by atoms with Gasteiger partial charge in [-0.1, -0.05) is 12.1 Å². The molecule has 0 aliphatic carbocycles. The van der Waals surface area contributed by atoms with Gasteiger partial charge in [-0.15, -0.1) is 0 Å². The Hall–Kier alpha value is -1.09. The van der Waals surface area contributed by atoms with Gasteiger partial charge >= 0.3 is 0 Å². The minimum Gasteiger partial charge on any atom is -0.382 e. The van der Waals surface area contributed by atoms with Crippen LogP contribution in [0.25, 0.3) is 0 Å². The van der Waals surface area contributed by atoms with Crippen molar-refractivity contribution in [2.75, 3.05) is 25.5 Å². The van der Waals surface area contributed by atoms with Crippen LogP contribution in [0.1, 0.15) is 30.7 Å². The summed E-state index contributed by atoms with van der Waals surface area (Å²) in [5.41, 5.74) is 1.92. The number of nitrogens with zero attached hydrogens (tertiary/aromatic N) is 1. The van der Waals surface area contributed by atoms with E-state index in [1.165, 1.54) is 24.9 Å². The monoisotopic (exact) mass is 234 g/mol. The molecule has 92 valence electrons. The fraction of sp³-hybridized carbons (Fsp3) is 0.571. The first-order valence-corrected chi connectivity index (χ1v) is 6.50. The third-order valence-corrected chi connectivity index (χ3v) is 4.24. The highest BCUT2D eigenvalue weighted by Gasteiger charge is 2.33. The first-order chi connectivity index (χ1) is 8.27. The van der Waals surface area contributed by atoms with E-state index in [0.29, 0.717) is 12.0 Å². The fourth-order valence-corrected chi connectivity index (χ4v) is 3.39. The number of fused-ring (bicyclic) bond motifs is 1. The Bertz CT molecular complexity index is 419. The first-order valence-electron chi connectivity index (χ1n) is 6.50. The molecule has 0 aromatic heterocycles. The van der Waals surface area contributed by atoms with Gasteiger partial charge in [0.05, 0.1) is 5.69 Å². The van der Waals surface area contributed by atoms with E-state index in [0.717, 1.165) is 18.7 Å². The number of likely N-dealkylation sites (tertiary alicyclic amines) is 1. The minimum atomic E-state index is -0.104. The highest BCUT2D eigenvalue weighted by atomic mass is 19.1. The fourth-order valence-electron chi connectivity index (χ4n) is 3.39. The molecule has 1 N–H and O–H groups in total. The van der Waals surface area contributed by atoms with E-state index < -0.39 is 0 Å². The molecule has 1 fully saturated rings. The maximum absolute atomic E-state index is 13.8. The van der Waals surface area contributed by atoms with Crippen molar-refractivity contribution in [3.8, 4) is 0 Å². The van der Waals surface area contributed by atoms with Gasteiger partial charge in [0.15, 0.2) is 0 Å². The van der Waals surface area contributed by atoms with E-state index in [4.69, 9.17) is 0 Å². The summed E-state index contributed by atoms with van der Waals surface area (Å²) in [4.78, 5) is 2.44. The van der Waals surface area contributed by atoms with Crippen LogP contribution in [0.4, 0.5) is 10.1 Å². The van der Waals surface area contributed by atoms with E-state index in [2.05, 4.69) is 23.3 Å². The Balaban J connectivity index is 1.96. The predicted molar refractivity (Wildman–Crippen MR) is 67.9 cm³/mol. The van der Waals surface area contributed by atoms with Crippen molar-refractivity contribution in [1.82, 2.24) is 4.90 Å². The van der Waals surface area contributed by atoms with Gasteiger partial charge in [0, 0.05) is 18.5 Å². The van der Waals surface area contributed by atoms with Crippen molar-refractivity contribution in [2.45, 2.75) is 31.2 Å². The quantitative estimate of drug-likeness (QED) is 0.803. The SMILES string of the molecule is CN1CCCC1C1CCNc2c(F)cccc21. The highest BCUT2D eigenvalue weighted by molar-refractivity contribution is 5.56. The number of para-hydroxylation sites is 1. The summed E-state index contributed by atoms with van der Waals surface area (Å²) in [6.45, 7) is 2.07. The second-order valence-electron chi connectivity index (χ2n) is 5.22. The molecule has 3 rings (SSSR count). The molecule has 1 saturated heterocycles. The molecule has 3 heteroatoms. The average Bonchev–Trinajstić information content (AvgIpc) is 2.75. The number of rotatable bonds is 1. The summed E-state index contributed by atoms with van der Waals surface area (Å²) in [5, 5.41) is 3.21. The van der Waals surface area contributed by atoms with E-state index in [1.54, 1.807) is 6.07 Å². The van der Waals surface area contributed by atoms with E-state index >= 15 is 0 Å². The van der Waals surface area contributed by atoms with Crippen LogP contribution < -0.4 is 5.32 Å². The van der Waals surface area contributed by atoms with Crippen LogP contribution >= 0.6 is 0 Å². The van der Waals surface area contributed by atoms with Crippen molar-refractivity contribution in [1.29, 1.82) is 0 Å². The maximum atomic E-state index is 13.8. The molecule has 0 radical (unpaired) electrons. The summed E-state index contributed by atoms with van der Waals surface area (Å²) in [7, 11) is 2.19. The van der Waals surface area contributed by atoms with Gasteiger partial charge in [-0.3, -0.25) is 0 Å². The Morgan fingerprint density at radius 1 is 1.35 bits per heavy atom. The van der Waals surface area contributed by atoms with Crippen molar-refractivity contribution in [2.24, 2.45) is 0 Å². The summed E-state index contributed by atoms with van der Waals surface area (Å²) in [6.07, 6.45) is 3.64. The molecular formula is C14H19FN2. The van der Waals surface area contributed by atoms with E-state index in [9.17, 15) is 4.39 Å². The maximum Gasteiger partial charge on any atom is 0.146 e. The van der Waals surface area contributed by atoms with Crippen LogP contribution in [0.3, 0.4) is 0 Å². The minimum absolute atomic E-state index is 0.104. The molecule has 2 heterocycles. The number of nitrogens with one attached hydrogen (secondary N) is 1. The zero-order valence-corrected chi connectivity index (χ0v) is 10.2. The smallest absolute Gasteiger partial charge is 0.146 e. The number of benzene rings is 1. The summed E-state index contributed by atoms with van der Waals surface area (Å²) < 4.78 is 13.8. The predicted octanol–water partition coefficient (Wildman–Crippen LogP) is 2.82. The highest BCUT2D eigenvalue weighted by Crippen LogP contribution is 2.39. The molecule has 0 spiro atoms. The number of hydrogen-bond donors (Lipinski definition) is 1. The Kier molecular flexibility index (Phi) is 2.79. The van der Waals surface area contributed by atoms with Crippen LogP contribution in [0.2, 0.25) is 0 Å². The third kappa shape index (κ3) is 1.82. The van der Waals surface area contributed by atoms with Gasteiger partial charge in [0.2, 0.25) is 0 Å². The summed E-state index contributed by atoms with van der Waals surface area (Å²) >= 11 is 0. The lowest BCUT2D eigenvalue weighted by molar-refractivity contribution is 0.263. The van der Waals surface area contributed by atoms with Crippen molar-refractivity contribution < 1.29 is 4.39 Å². The number of anilines is 1. The first kappa shape index (κ1) is 11.0. The lowest BCUT2D eigenvalue weighted by Gasteiger charge is -2.34. The molecule has 0 saturated carbocycles. The zero-order valence-electron chi connectivity index (χ0n) is 10.2. The number of likely N-dealkylation sites (N-methyl/N-ethyl adjacent to an activating group) is 1. The number of halogens is 1. The van der Waals surface area contributed by atoms with Gasteiger partial charge in [0.25, 0.3) is 0 Å². The molecule has 0 amide bonds. The molecule has 2 atom stereocenters. The van der Waals surface area contributed by atoms with Crippen LogP contribution in [0.15, 0.2) is 18.2 Å². The zero-order chi connectivity index (χ0) is 11.8. The molecule has 17 heavy (non-hydrogen) atoms. The van der Waals surface area contributed by atoms with E-state index in [1.807, 2.05) is 6.07 Å². The molecule has 2 aliphatic heterocycles. The topological polar surface area (TPSA) is 15.3 Å². The Morgan fingerprint density at radius 2 is 2.24 bits per heavy atom. The van der Waals surface area contributed by atoms with Crippen molar-refractivity contribution in [3.05, 3.63) is 29.6 Å². The van der Waals surface area contributed by atoms with Crippen molar-refractivity contribution in [3.63, 3.8) is 0 Å². The van der Waals surface area contributed by atoms with Gasteiger partial charge in [-0.25, -0.2) is 4.39 Å². The van der Waals surface area contributed by atoms with Crippen LogP contribution in [0.5, 0.6) is 0 Å². The van der Waals surface area contributed by atoms with Crippen LogP contribution in [-0.4, -0.2) is 31.1 Å². The molecular weight excluding hydrogens is 215 g/mol. The average molecular weight is 234 g/mol. The lowest BCUT2D eigenvalue weighted by atomic mass is 9.84. The second kappa shape index (κ2) is 4.30. The Morgan fingerprint density at radius 3 is 3.00 bits per heavy atom. The van der Waals surface area contributed by atoms with Gasteiger partial charge in [-0.05, 0) is 44.5 Å². The summed E-state index contributed by atoms with van der Waals surface area (Å²) in [5.74, 6) is 0.391. The third-order valence-electron chi connectivity index (χ3n) is 4.24. The number of hydrogen-bond acceptors (Lipinski definition) is 2. The normalized spacial score (nSPS) is 28.8. The standard InChI is InChI=1S/C14H19FN2/c1-17-9-3-6-13(17)10-7-8-16-14-11(10)4-2-5-12(14)15/h2,4-5,10,13,16H,3,6-9H2,1H3. The summed E-state index contributed by atoms with van der Waals surface area (Å²) in [6, 6.07) is 6.06. The molecule has 2 nitrogen and oxygen atoms in total. The van der Waals surface area contributed by atoms with Crippen LogP contribution in [-0.2, 0) is 0 Å². The van der Waals surface area contributed by atoms with Gasteiger partial charge < -0.3 is 10.2 Å². The van der Waals surface area contributed by atoms with Crippen LogP contribution in [0, 0.1) is 5.82 Å². The van der Waals surface area contributed by atoms with Gasteiger partial charge in [-0.2, -0.15) is 0 Å². The largest absolute Gasteiger partial charge is 0.382 e. The van der Waals surface area contributed by atoms with Crippen molar-refractivity contribution >= 4 is 5.69 Å². The molecule has 2 unspecified atom stereocenters. The molecule has 2 aliphatic rings. The lowest BCUT2D eigenvalue weighted by Crippen LogP contribution is -2.34. The van der Waals surface area contributed by atoms with E-state index in [-0.39, 0.29) is 5.82 Å². The molecule has 0 bridgehead atoms. The molecule has 1 aromatic carbocycles. The molecule has 1 aromatic rings.